The maximum Gasteiger partial charge on any atom is 0.308 e. The summed E-state index contributed by atoms with van der Waals surface area (Å²) < 4.78 is 18.5. The monoisotopic (exact) mass is 345 g/mol. The molecule has 2 N–H and O–H groups in total. The molecule has 0 saturated carbocycles. The van der Waals surface area contributed by atoms with Crippen LogP contribution in [0.5, 0.6) is 5.75 Å². The second kappa shape index (κ2) is 8.82. The molecule has 0 bridgehead atoms. The SMILES string of the molecule is CC(Oc1cccc(F)c1)C(=O)NCC(Cc1ccccc1)C(=O)O. The fourth-order valence-electron chi connectivity index (χ4n) is 2.31. The van der Waals surface area contributed by atoms with Crippen molar-refractivity contribution in [3.63, 3.8) is 0 Å². The molecule has 0 heterocycles. The first-order chi connectivity index (χ1) is 12.0. The van der Waals surface area contributed by atoms with Gasteiger partial charge in [-0.2, -0.15) is 0 Å². The number of benzene rings is 2. The first-order valence-corrected chi connectivity index (χ1v) is 7.92. The topological polar surface area (TPSA) is 75.6 Å². The minimum atomic E-state index is -0.983. The Kier molecular flexibility index (Phi) is 6.51. The smallest absolute Gasteiger partial charge is 0.308 e. The van der Waals surface area contributed by atoms with Gasteiger partial charge in [0.25, 0.3) is 5.91 Å². The molecule has 1 amide bonds. The zero-order valence-electron chi connectivity index (χ0n) is 13.8. The zero-order chi connectivity index (χ0) is 18.2. The predicted octanol–water partition coefficient (Wildman–Crippen LogP) is 2.65. The number of hydrogen-bond donors (Lipinski definition) is 2. The van der Waals surface area contributed by atoms with Crippen LogP contribution < -0.4 is 10.1 Å². The van der Waals surface area contributed by atoms with Gasteiger partial charge >= 0.3 is 5.97 Å². The molecule has 132 valence electrons. The lowest BCUT2D eigenvalue weighted by Gasteiger charge is -2.17. The van der Waals surface area contributed by atoms with E-state index in [0.29, 0.717) is 6.42 Å². The van der Waals surface area contributed by atoms with Crippen molar-refractivity contribution in [3.05, 3.63) is 66.0 Å². The van der Waals surface area contributed by atoms with Gasteiger partial charge in [-0.15, -0.1) is 0 Å². The molecule has 0 saturated heterocycles. The molecule has 2 rings (SSSR count). The lowest BCUT2D eigenvalue weighted by molar-refractivity contribution is -0.141. The van der Waals surface area contributed by atoms with Crippen molar-refractivity contribution in [2.24, 2.45) is 5.92 Å². The Labute approximate surface area is 145 Å². The van der Waals surface area contributed by atoms with Crippen LogP contribution in [0.25, 0.3) is 0 Å². The van der Waals surface area contributed by atoms with Crippen molar-refractivity contribution < 1.29 is 23.8 Å². The Hall–Kier alpha value is -2.89. The van der Waals surface area contributed by atoms with Crippen LogP contribution in [0.4, 0.5) is 4.39 Å². The first kappa shape index (κ1) is 18.4. The summed E-state index contributed by atoms with van der Waals surface area (Å²) in [5, 5.41) is 11.9. The van der Waals surface area contributed by atoms with Gasteiger partial charge in [-0.25, -0.2) is 4.39 Å². The summed E-state index contributed by atoms with van der Waals surface area (Å²) in [6.45, 7) is 1.51. The molecule has 6 heteroatoms. The lowest BCUT2D eigenvalue weighted by atomic mass is 9.99. The quantitative estimate of drug-likeness (QED) is 0.771. The minimum absolute atomic E-state index is 0.0140. The van der Waals surface area contributed by atoms with Gasteiger partial charge in [0.1, 0.15) is 11.6 Å². The van der Waals surface area contributed by atoms with E-state index in [4.69, 9.17) is 4.74 Å². The average Bonchev–Trinajstić information content (AvgIpc) is 2.59. The van der Waals surface area contributed by atoms with E-state index in [1.54, 1.807) is 6.07 Å². The lowest BCUT2D eigenvalue weighted by Crippen LogP contribution is -2.41. The number of ether oxygens (including phenoxy) is 1. The molecule has 0 aliphatic heterocycles. The summed E-state index contributed by atoms with van der Waals surface area (Å²) in [5.41, 5.74) is 0.883. The summed E-state index contributed by atoms with van der Waals surface area (Å²) in [5.74, 6) is -2.40. The third-order valence-corrected chi connectivity index (χ3v) is 3.68. The van der Waals surface area contributed by atoms with E-state index in [9.17, 15) is 19.1 Å². The number of hydrogen-bond acceptors (Lipinski definition) is 3. The van der Waals surface area contributed by atoms with E-state index < -0.39 is 29.7 Å². The molecule has 2 aromatic rings. The number of rotatable bonds is 8. The maximum atomic E-state index is 13.1. The van der Waals surface area contributed by atoms with Gasteiger partial charge < -0.3 is 15.2 Å². The van der Waals surface area contributed by atoms with Gasteiger partial charge in [0.15, 0.2) is 6.10 Å². The molecule has 0 spiro atoms. The van der Waals surface area contributed by atoms with Gasteiger partial charge in [-0.3, -0.25) is 9.59 Å². The van der Waals surface area contributed by atoms with Crippen molar-refractivity contribution in [3.8, 4) is 5.75 Å². The van der Waals surface area contributed by atoms with E-state index in [1.807, 2.05) is 30.3 Å². The number of carbonyl (C=O) groups excluding carboxylic acids is 1. The van der Waals surface area contributed by atoms with Crippen LogP contribution >= 0.6 is 0 Å². The van der Waals surface area contributed by atoms with E-state index in [0.717, 1.165) is 5.56 Å². The molecule has 2 aromatic carbocycles. The summed E-state index contributed by atoms with van der Waals surface area (Å²) >= 11 is 0. The number of aliphatic carboxylic acids is 1. The summed E-state index contributed by atoms with van der Waals surface area (Å²) in [7, 11) is 0. The zero-order valence-corrected chi connectivity index (χ0v) is 13.8. The third kappa shape index (κ3) is 5.91. The molecule has 0 aromatic heterocycles. The number of halogens is 1. The fraction of sp³-hybridized carbons (Fsp3) is 0.263. The van der Waals surface area contributed by atoms with Gasteiger partial charge in [0, 0.05) is 12.6 Å². The van der Waals surface area contributed by atoms with Crippen molar-refractivity contribution in [1.29, 1.82) is 0 Å². The Morgan fingerprint density at radius 1 is 1.16 bits per heavy atom. The highest BCUT2D eigenvalue weighted by Gasteiger charge is 2.21. The van der Waals surface area contributed by atoms with E-state index >= 15 is 0 Å². The molecule has 0 aliphatic rings. The Morgan fingerprint density at radius 2 is 1.88 bits per heavy atom. The highest BCUT2D eigenvalue weighted by atomic mass is 19.1. The maximum absolute atomic E-state index is 13.1. The van der Waals surface area contributed by atoms with Gasteiger partial charge in [-0.05, 0) is 31.0 Å². The molecular formula is C19H20FNO4. The highest BCUT2D eigenvalue weighted by Crippen LogP contribution is 2.14. The van der Waals surface area contributed by atoms with Gasteiger partial charge in [0.05, 0.1) is 5.92 Å². The van der Waals surface area contributed by atoms with Crippen LogP contribution in [0, 0.1) is 11.7 Å². The van der Waals surface area contributed by atoms with Crippen molar-refractivity contribution >= 4 is 11.9 Å². The molecule has 25 heavy (non-hydrogen) atoms. The Balaban J connectivity index is 1.88. The second-order valence-corrected chi connectivity index (χ2v) is 5.69. The summed E-state index contributed by atoms with van der Waals surface area (Å²) in [6.07, 6.45) is -0.553. The number of carboxylic acids is 1. The fourth-order valence-corrected chi connectivity index (χ4v) is 2.31. The van der Waals surface area contributed by atoms with Crippen molar-refractivity contribution in [2.75, 3.05) is 6.54 Å². The summed E-state index contributed by atoms with van der Waals surface area (Å²) in [6, 6.07) is 14.7. The predicted molar refractivity (Wildman–Crippen MR) is 90.8 cm³/mol. The van der Waals surface area contributed by atoms with Crippen LogP contribution in [0.3, 0.4) is 0 Å². The molecule has 2 atom stereocenters. The van der Waals surface area contributed by atoms with Crippen LogP contribution in [-0.2, 0) is 16.0 Å². The Morgan fingerprint density at radius 3 is 2.52 bits per heavy atom. The van der Waals surface area contributed by atoms with Crippen molar-refractivity contribution in [2.45, 2.75) is 19.4 Å². The van der Waals surface area contributed by atoms with Crippen LogP contribution in [-0.4, -0.2) is 29.6 Å². The van der Waals surface area contributed by atoms with Gasteiger partial charge in [0.2, 0.25) is 0 Å². The van der Waals surface area contributed by atoms with Gasteiger partial charge in [-0.1, -0.05) is 36.4 Å². The largest absolute Gasteiger partial charge is 0.481 e. The highest BCUT2D eigenvalue weighted by molar-refractivity contribution is 5.81. The molecular weight excluding hydrogens is 325 g/mol. The minimum Gasteiger partial charge on any atom is -0.481 e. The van der Waals surface area contributed by atoms with E-state index in [2.05, 4.69) is 5.32 Å². The second-order valence-electron chi connectivity index (χ2n) is 5.69. The summed E-state index contributed by atoms with van der Waals surface area (Å²) in [4.78, 5) is 23.5. The first-order valence-electron chi connectivity index (χ1n) is 7.92. The average molecular weight is 345 g/mol. The third-order valence-electron chi connectivity index (χ3n) is 3.68. The molecule has 2 unspecified atom stereocenters. The number of carboxylic acid groups (broad SMARTS) is 1. The van der Waals surface area contributed by atoms with E-state index in [-0.39, 0.29) is 12.3 Å². The standard InChI is InChI=1S/C19H20FNO4/c1-13(25-17-9-5-8-16(20)11-17)18(22)21-12-15(19(23)24)10-14-6-3-2-4-7-14/h2-9,11,13,15H,10,12H2,1H3,(H,21,22)(H,23,24). The molecule has 0 radical (unpaired) electrons. The van der Waals surface area contributed by atoms with Crippen LogP contribution in [0.2, 0.25) is 0 Å². The number of amides is 1. The molecule has 0 fully saturated rings. The molecule has 5 nitrogen and oxygen atoms in total. The van der Waals surface area contributed by atoms with Crippen LogP contribution in [0.1, 0.15) is 12.5 Å². The van der Waals surface area contributed by atoms with E-state index in [1.165, 1.54) is 25.1 Å². The molecule has 0 aliphatic carbocycles. The number of carbonyl (C=O) groups is 2. The van der Waals surface area contributed by atoms with Crippen molar-refractivity contribution in [1.82, 2.24) is 5.32 Å². The normalized spacial score (nSPS) is 12.9. The number of nitrogens with one attached hydrogen (secondary N) is 1. The Bertz CT molecular complexity index is 720. The van der Waals surface area contributed by atoms with Crippen LogP contribution in [0.15, 0.2) is 54.6 Å².